The standard InChI is InChI=1S/C21H19F3N4O3/c1-13-20(31-27-13,14-7-6-8-15(11-14)21(22,23)24)17-10-5-4-9-16(17)18(28-30-3)19(29-2)26-12-25/h4-11,13,27H,1-3H3/b26-19?,28-18+. The summed E-state index contributed by atoms with van der Waals surface area (Å²) in [6.07, 6.45) is -2.88. The maximum absolute atomic E-state index is 13.4. The zero-order chi connectivity index (χ0) is 22.6. The molecule has 31 heavy (non-hydrogen) atoms. The summed E-state index contributed by atoms with van der Waals surface area (Å²) in [5.74, 6) is -0.115. The zero-order valence-corrected chi connectivity index (χ0v) is 16.9. The first kappa shape index (κ1) is 22.3. The van der Waals surface area contributed by atoms with Gasteiger partial charge in [0.15, 0.2) is 11.3 Å². The number of oxime groups is 1. The Morgan fingerprint density at radius 1 is 1.19 bits per heavy atom. The van der Waals surface area contributed by atoms with Crippen LogP contribution in [0.2, 0.25) is 0 Å². The maximum atomic E-state index is 13.4. The van der Waals surface area contributed by atoms with E-state index in [0.29, 0.717) is 16.7 Å². The quantitative estimate of drug-likeness (QED) is 0.337. The highest BCUT2D eigenvalue weighted by molar-refractivity contribution is 6.45. The Kier molecular flexibility index (Phi) is 6.29. The van der Waals surface area contributed by atoms with E-state index < -0.39 is 17.3 Å². The molecule has 2 atom stereocenters. The van der Waals surface area contributed by atoms with Gasteiger partial charge in [-0.25, -0.2) is 0 Å². The van der Waals surface area contributed by atoms with Gasteiger partial charge in [0.1, 0.15) is 7.11 Å². The van der Waals surface area contributed by atoms with Crippen LogP contribution in [0.4, 0.5) is 13.2 Å². The number of ether oxygens (including phenoxy) is 1. The third-order valence-corrected chi connectivity index (χ3v) is 4.94. The molecule has 0 aromatic heterocycles. The Morgan fingerprint density at radius 2 is 1.94 bits per heavy atom. The SMILES string of the molecule is CO/N=C(/C(=NC#N)OC)c1ccccc1C1(c2cccc(C(F)(F)F)c2)ONC1C. The van der Waals surface area contributed by atoms with E-state index in [1.54, 1.807) is 43.4 Å². The summed E-state index contributed by atoms with van der Waals surface area (Å²) in [7, 11) is 2.63. The Hall–Kier alpha value is -3.42. The molecule has 0 amide bonds. The Morgan fingerprint density at radius 3 is 2.48 bits per heavy atom. The molecule has 1 N–H and O–H groups in total. The van der Waals surface area contributed by atoms with Crippen LogP contribution in [-0.2, 0) is 26.2 Å². The smallest absolute Gasteiger partial charge is 0.416 e. The maximum Gasteiger partial charge on any atom is 0.416 e. The predicted octanol–water partition coefficient (Wildman–Crippen LogP) is 3.75. The number of nitriles is 1. The minimum absolute atomic E-state index is 0.0937. The Labute approximate surface area is 176 Å². The number of nitrogens with zero attached hydrogens (tertiary/aromatic N) is 3. The molecule has 3 rings (SSSR count). The van der Waals surface area contributed by atoms with E-state index >= 15 is 0 Å². The average molecular weight is 432 g/mol. The first-order valence-electron chi connectivity index (χ1n) is 9.13. The van der Waals surface area contributed by atoms with Crippen LogP contribution in [0.1, 0.15) is 29.2 Å². The van der Waals surface area contributed by atoms with Crippen molar-refractivity contribution >= 4 is 11.6 Å². The number of aliphatic imine (C=N–C) groups is 1. The van der Waals surface area contributed by atoms with Gasteiger partial charge in [0.2, 0.25) is 6.19 Å². The van der Waals surface area contributed by atoms with Crippen LogP contribution in [0.15, 0.2) is 58.7 Å². The summed E-state index contributed by atoms with van der Waals surface area (Å²) >= 11 is 0. The Balaban J connectivity index is 2.26. The van der Waals surface area contributed by atoms with Crippen LogP contribution in [0.3, 0.4) is 0 Å². The van der Waals surface area contributed by atoms with Crippen molar-refractivity contribution in [2.24, 2.45) is 10.1 Å². The molecular formula is C21H19F3N4O3. The number of alkyl halides is 3. The highest BCUT2D eigenvalue weighted by atomic mass is 19.4. The fraction of sp³-hybridized carbons (Fsp3) is 0.286. The van der Waals surface area contributed by atoms with E-state index in [1.807, 2.05) is 0 Å². The van der Waals surface area contributed by atoms with E-state index in [1.165, 1.54) is 20.3 Å². The summed E-state index contributed by atoms with van der Waals surface area (Å²) in [6, 6.07) is 11.4. The molecule has 0 saturated carbocycles. The van der Waals surface area contributed by atoms with Crippen LogP contribution in [-0.4, -0.2) is 31.9 Å². The lowest BCUT2D eigenvalue weighted by Gasteiger charge is -2.49. The molecule has 162 valence electrons. The first-order valence-corrected chi connectivity index (χ1v) is 9.13. The largest absolute Gasteiger partial charge is 0.479 e. The number of halogens is 3. The number of hydrogen-bond acceptors (Lipinski definition) is 7. The van der Waals surface area contributed by atoms with Gasteiger partial charge in [0.25, 0.3) is 5.90 Å². The first-order chi connectivity index (χ1) is 14.8. The van der Waals surface area contributed by atoms with Crippen molar-refractivity contribution in [2.45, 2.75) is 24.7 Å². The van der Waals surface area contributed by atoms with Gasteiger partial charge in [-0.3, -0.25) is 4.84 Å². The predicted molar refractivity (Wildman–Crippen MR) is 106 cm³/mol. The number of hydroxylamine groups is 1. The molecular weight excluding hydrogens is 413 g/mol. The van der Waals surface area contributed by atoms with Gasteiger partial charge in [-0.05, 0) is 24.6 Å². The highest BCUT2D eigenvalue weighted by Gasteiger charge is 2.51. The van der Waals surface area contributed by atoms with E-state index in [4.69, 9.17) is 19.7 Å². The third-order valence-electron chi connectivity index (χ3n) is 4.94. The van der Waals surface area contributed by atoms with Gasteiger partial charge >= 0.3 is 6.18 Å². The van der Waals surface area contributed by atoms with Crippen molar-refractivity contribution in [2.75, 3.05) is 14.2 Å². The number of methoxy groups -OCH3 is 1. The lowest BCUT2D eigenvalue weighted by Crippen LogP contribution is -2.63. The molecule has 1 aliphatic rings. The van der Waals surface area contributed by atoms with E-state index in [0.717, 1.165) is 12.1 Å². The summed E-state index contributed by atoms with van der Waals surface area (Å²) in [4.78, 5) is 14.3. The van der Waals surface area contributed by atoms with Gasteiger partial charge in [0, 0.05) is 11.1 Å². The summed E-state index contributed by atoms with van der Waals surface area (Å²) in [5, 5.41) is 12.9. The van der Waals surface area contributed by atoms with Gasteiger partial charge in [-0.1, -0.05) is 41.6 Å². The monoisotopic (exact) mass is 432 g/mol. The molecule has 1 saturated heterocycles. The van der Waals surface area contributed by atoms with Crippen molar-refractivity contribution in [3.05, 3.63) is 70.8 Å². The molecule has 0 aliphatic carbocycles. The van der Waals surface area contributed by atoms with Crippen molar-refractivity contribution in [1.82, 2.24) is 5.48 Å². The molecule has 2 aromatic rings. The van der Waals surface area contributed by atoms with Crippen molar-refractivity contribution in [3.8, 4) is 6.19 Å². The zero-order valence-electron chi connectivity index (χ0n) is 16.9. The van der Waals surface area contributed by atoms with Crippen LogP contribution >= 0.6 is 0 Å². The molecule has 0 radical (unpaired) electrons. The number of hydrogen-bond donors (Lipinski definition) is 1. The number of nitrogens with one attached hydrogen (secondary N) is 1. The second-order valence-corrected chi connectivity index (χ2v) is 6.64. The molecule has 10 heteroatoms. The lowest BCUT2D eigenvalue weighted by molar-refractivity contribution is -0.225. The molecule has 0 spiro atoms. The van der Waals surface area contributed by atoms with Crippen molar-refractivity contribution in [1.29, 1.82) is 5.26 Å². The minimum Gasteiger partial charge on any atom is -0.479 e. The molecule has 1 fully saturated rings. The van der Waals surface area contributed by atoms with E-state index in [-0.39, 0.29) is 17.7 Å². The normalized spacial score (nSPS) is 21.8. The Bertz CT molecular complexity index is 1060. The fourth-order valence-corrected chi connectivity index (χ4v) is 3.52. The van der Waals surface area contributed by atoms with E-state index in [9.17, 15) is 13.2 Å². The lowest BCUT2D eigenvalue weighted by atomic mass is 9.76. The highest BCUT2D eigenvalue weighted by Crippen LogP contribution is 2.45. The summed E-state index contributed by atoms with van der Waals surface area (Å²) in [6.45, 7) is 1.79. The molecule has 7 nitrogen and oxygen atoms in total. The molecule has 1 heterocycles. The van der Waals surface area contributed by atoms with Crippen LogP contribution in [0.5, 0.6) is 0 Å². The second kappa shape index (κ2) is 8.75. The van der Waals surface area contributed by atoms with Gasteiger partial charge in [-0.2, -0.15) is 23.9 Å². The van der Waals surface area contributed by atoms with Crippen LogP contribution in [0, 0.1) is 11.5 Å². The second-order valence-electron chi connectivity index (χ2n) is 6.64. The van der Waals surface area contributed by atoms with Gasteiger partial charge < -0.3 is 9.57 Å². The average Bonchev–Trinajstić information content (AvgIpc) is 2.75. The summed E-state index contributed by atoms with van der Waals surface area (Å²) < 4.78 is 45.3. The molecule has 2 aromatic carbocycles. The molecule has 0 bridgehead atoms. The van der Waals surface area contributed by atoms with Crippen molar-refractivity contribution in [3.63, 3.8) is 0 Å². The number of rotatable bonds is 5. The topological polar surface area (TPSA) is 88.2 Å². The number of benzene rings is 2. The van der Waals surface area contributed by atoms with Gasteiger partial charge in [-0.15, -0.1) is 4.99 Å². The van der Waals surface area contributed by atoms with E-state index in [2.05, 4.69) is 15.6 Å². The molecule has 1 aliphatic heterocycles. The minimum atomic E-state index is -4.51. The molecule has 2 unspecified atom stereocenters. The van der Waals surface area contributed by atoms with Crippen LogP contribution in [0.25, 0.3) is 0 Å². The summed E-state index contributed by atoms with van der Waals surface area (Å²) in [5.41, 5.74) is 2.01. The van der Waals surface area contributed by atoms with Gasteiger partial charge in [0.05, 0.1) is 18.7 Å². The van der Waals surface area contributed by atoms with Crippen molar-refractivity contribution < 1.29 is 27.6 Å². The fourth-order valence-electron chi connectivity index (χ4n) is 3.52. The third kappa shape index (κ3) is 3.97. The van der Waals surface area contributed by atoms with Crippen LogP contribution < -0.4 is 5.48 Å².